The Balaban J connectivity index is 1.55. The van der Waals surface area contributed by atoms with Gasteiger partial charge in [0.1, 0.15) is 6.04 Å². The Morgan fingerprint density at radius 3 is 1.94 bits per heavy atom. The Bertz CT molecular complexity index is 1250. The van der Waals surface area contributed by atoms with Crippen LogP contribution in [0.1, 0.15) is 48.4 Å². The minimum Gasteiger partial charge on any atom is -0.348 e. The minimum atomic E-state index is -0.687. The molecule has 1 unspecified atom stereocenters. The number of hydrogen-bond acceptors (Lipinski definition) is 3. The van der Waals surface area contributed by atoms with E-state index in [-0.39, 0.29) is 17.9 Å². The van der Waals surface area contributed by atoms with E-state index >= 15 is 0 Å². The predicted molar refractivity (Wildman–Crippen MR) is 145 cm³/mol. The molecule has 0 radical (unpaired) electrons. The van der Waals surface area contributed by atoms with Crippen LogP contribution in [0.25, 0.3) is 10.8 Å². The van der Waals surface area contributed by atoms with Crippen molar-refractivity contribution in [2.75, 3.05) is 6.54 Å². The molecule has 0 saturated heterocycles. The summed E-state index contributed by atoms with van der Waals surface area (Å²) < 4.78 is 0. The third-order valence-electron chi connectivity index (χ3n) is 6.51. The number of carbonyl (C=O) groups excluding carboxylic acids is 2. The first kappa shape index (κ1) is 25.1. The molecule has 0 bridgehead atoms. The zero-order valence-corrected chi connectivity index (χ0v) is 20.6. The molecular weight excluding hydrogens is 446 g/mol. The molecule has 0 aliphatic carbocycles. The van der Waals surface area contributed by atoms with Crippen molar-refractivity contribution < 1.29 is 9.59 Å². The number of benzene rings is 4. The molecule has 184 valence electrons. The quantitative estimate of drug-likeness (QED) is 0.297. The predicted octanol–water partition coefficient (Wildman–Crippen LogP) is 5.07. The third-order valence-corrected chi connectivity index (χ3v) is 6.51. The van der Waals surface area contributed by atoms with Crippen LogP contribution in [0.3, 0.4) is 0 Å². The minimum absolute atomic E-state index is 0.206. The number of rotatable bonds is 10. The lowest BCUT2D eigenvalue weighted by Gasteiger charge is -2.25. The van der Waals surface area contributed by atoms with Crippen LogP contribution in [-0.2, 0) is 9.59 Å². The summed E-state index contributed by atoms with van der Waals surface area (Å²) in [5.41, 5.74) is 8.55. The second-order valence-electron chi connectivity index (χ2n) is 9.05. The summed E-state index contributed by atoms with van der Waals surface area (Å²) in [6, 6.07) is 32.6. The number of hydrogen-bond donors (Lipinski definition) is 3. The van der Waals surface area contributed by atoms with Gasteiger partial charge in [-0.2, -0.15) is 0 Å². The Kier molecular flexibility index (Phi) is 8.48. The van der Waals surface area contributed by atoms with E-state index in [1.807, 2.05) is 91.9 Å². The summed E-state index contributed by atoms with van der Waals surface area (Å²) in [5.74, 6) is -0.935. The van der Waals surface area contributed by atoms with E-state index in [0.717, 1.165) is 27.5 Å². The smallest absolute Gasteiger partial charge is 0.243 e. The molecule has 0 fully saturated rings. The lowest BCUT2D eigenvalue weighted by Crippen LogP contribution is -2.49. The summed E-state index contributed by atoms with van der Waals surface area (Å²) >= 11 is 0. The molecule has 2 atom stereocenters. The van der Waals surface area contributed by atoms with Gasteiger partial charge in [0.05, 0.1) is 12.0 Å². The van der Waals surface area contributed by atoms with E-state index in [1.165, 1.54) is 0 Å². The highest BCUT2D eigenvalue weighted by atomic mass is 16.2. The van der Waals surface area contributed by atoms with Gasteiger partial charge in [0.2, 0.25) is 11.8 Å². The van der Waals surface area contributed by atoms with E-state index < -0.39 is 12.0 Å². The number of nitrogens with one attached hydrogen (secondary N) is 2. The highest BCUT2D eigenvalue weighted by Gasteiger charge is 2.28. The summed E-state index contributed by atoms with van der Waals surface area (Å²) in [6.45, 7) is 2.41. The SMILES string of the molecule is CC(NC(=O)[C@@H](CCCN)NC(=O)C(c1ccccc1)c1ccccc1)c1cccc2ccccc12. The molecule has 4 aromatic carbocycles. The normalized spacial score (nSPS) is 12.8. The van der Waals surface area contributed by atoms with E-state index in [2.05, 4.69) is 28.8 Å². The lowest BCUT2D eigenvalue weighted by atomic mass is 9.90. The molecule has 0 aromatic heterocycles. The first-order chi connectivity index (χ1) is 17.6. The fraction of sp³-hybridized carbons (Fsp3) is 0.226. The highest BCUT2D eigenvalue weighted by Crippen LogP contribution is 2.26. The van der Waals surface area contributed by atoms with E-state index in [0.29, 0.717) is 19.4 Å². The molecule has 0 aliphatic heterocycles. The monoisotopic (exact) mass is 479 g/mol. The molecule has 2 amide bonds. The average molecular weight is 480 g/mol. The standard InChI is InChI=1S/C31H33N3O2/c1-22(26-19-10-17-23-12-8-9-18-27(23)26)33-30(35)28(20-11-21-32)34-31(36)29(24-13-4-2-5-14-24)25-15-6-3-7-16-25/h2-10,12-19,22,28-29H,11,20-21,32H2,1H3,(H,33,35)(H,34,36)/t22?,28-/m1/s1. The molecule has 4 aromatic rings. The number of carbonyl (C=O) groups is 2. The highest BCUT2D eigenvalue weighted by molar-refractivity contribution is 5.93. The van der Waals surface area contributed by atoms with Crippen LogP contribution in [0.2, 0.25) is 0 Å². The molecule has 36 heavy (non-hydrogen) atoms. The van der Waals surface area contributed by atoms with Crippen LogP contribution in [-0.4, -0.2) is 24.4 Å². The zero-order chi connectivity index (χ0) is 25.3. The fourth-order valence-electron chi connectivity index (χ4n) is 4.65. The topological polar surface area (TPSA) is 84.2 Å². The Morgan fingerprint density at radius 1 is 0.722 bits per heavy atom. The third kappa shape index (κ3) is 5.99. The van der Waals surface area contributed by atoms with Crippen LogP contribution >= 0.6 is 0 Å². The average Bonchev–Trinajstić information content (AvgIpc) is 2.92. The van der Waals surface area contributed by atoms with Gasteiger partial charge >= 0.3 is 0 Å². The molecule has 0 aliphatic rings. The van der Waals surface area contributed by atoms with Gasteiger partial charge in [-0.15, -0.1) is 0 Å². The van der Waals surface area contributed by atoms with E-state index in [9.17, 15) is 9.59 Å². The molecule has 5 nitrogen and oxygen atoms in total. The maximum Gasteiger partial charge on any atom is 0.243 e. The number of fused-ring (bicyclic) bond motifs is 1. The van der Waals surface area contributed by atoms with Crippen LogP contribution in [0.15, 0.2) is 103 Å². The number of amides is 2. The number of nitrogens with two attached hydrogens (primary N) is 1. The van der Waals surface area contributed by atoms with Crippen molar-refractivity contribution in [2.45, 2.75) is 37.8 Å². The summed E-state index contributed by atoms with van der Waals surface area (Å²) in [4.78, 5) is 27.1. The fourth-order valence-corrected chi connectivity index (χ4v) is 4.65. The van der Waals surface area contributed by atoms with E-state index in [1.54, 1.807) is 0 Å². The van der Waals surface area contributed by atoms with E-state index in [4.69, 9.17) is 5.73 Å². The van der Waals surface area contributed by atoms with Crippen molar-refractivity contribution in [1.29, 1.82) is 0 Å². The summed E-state index contributed by atoms with van der Waals surface area (Å²) in [5, 5.41) is 8.39. The Morgan fingerprint density at radius 2 is 1.31 bits per heavy atom. The molecule has 5 heteroatoms. The molecule has 0 saturated carbocycles. The van der Waals surface area contributed by atoms with Crippen molar-refractivity contribution in [3.8, 4) is 0 Å². The molecule has 4 N–H and O–H groups in total. The van der Waals surface area contributed by atoms with Crippen molar-refractivity contribution in [3.63, 3.8) is 0 Å². The van der Waals surface area contributed by atoms with Crippen molar-refractivity contribution in [3.05, 3.63) is 120 Å². The molecule has 0 heterocycles. The first-order valence-corrected chi connectivity index (χ1v) is 12.5. The van der Waals surface area contributed by atoms with Crippen LogP contribution < -0.4 is 16.4 Å². The van der Waals surface area contributed by atoms with Gasteiger partial charge in [0.15, 0.2) is 0 Å². The van der Waals surface area contributed by atoms with Gasteiger partial charge in [-0.05, 0) is 53.8 Å². The van der Waals surface area contributed by atoms with Crippen LogP contribution in [0.5, 0.6) is 0 Å². The van der Waals surface area contributed by atoms with Crippen LogP contribution in [0.4, 0.5) is 0 Å². The van der Waals surface area contributed by atoms with Crippen LogP contribution in [0, 0.1) is 0 Å². The second kappa shape index (κ2) is 12.1. The summed E-state index contributed by atoms with van der Waals surface area (Å²) in [7, 11) is 0. The lowest BCUT2D eigenvalue weighted by molar-refractivity contribution is -0.129. The largest absolute Gasteiger partial charge is 0.348 e. The summed E-state index contributed by atoms with van der Waals surface area (Å²) in [6.07, 6.45) is 1.09. The van der Waals surface area contributed by atoms with Gasteiger partial charge in [0.25, 0.3) is 0 Å². The van der Waals surface area contributed by atoms with Crippen molar-refractivity contribution in [2.24, 2.45) is 5.73 Å². The maximum atomic E-state index is 13.6. The zero-order valence-electron chi connectivity index (χ0n) is 20.6. The Hall–Kier alpha value is -3.96. The van der Waals surface area contributed by atoms with Gasteiger partial charge in [-0.3, -0.25) is 9.59 Å². The van der Waals surface area contributed by atoms with Crippen molar-refractivity contribution in [1.82, 2.24) is 10.6 Å². The second-order valence-corrected chi connectivity index (χ2v) is 9.05. The first-order valence-electron chi connectivity index (χ1n) is 12.5. The molecule has 0 spiro atoms. The maximum absolute atomic E-state index is 13.6. The molecule has 4 rings (SSSR count). The van der Waals surface area contributed by atoms with Gasteiger partial charge < -0.3 is 16.4 Å². The Labute approximate surface area is 212 Å². The van der Waals surface area contributed by atoms with Gasteiger partial charge in [-0.25, -0.2) is 0 Å². The molecular formula is C31H33N3O2. The van der Waals surface area contributed by atoms with Crippen molar-refractivity contribution >= 4 is 22.6 Å². The van der Waals surface area contributed by atoms with Gasteiger partial charge in [-0.1, -0.05) is 103 Å². The van der Waals surface area contributed by atoms with Gasteiger partial charge in [0, 0.05) is 0 Å².